The average molecular weight is 414 g/mol. The quantitative estimate of drug-likeness (QED) is 0.548. The van der Waals surface area contributed by atoms with Gasteiger partial charge in [-0.15, -0.1) is 11.8 Å². The minimum absolute atomic E-state index is 0.285. The van der Waals surface area contributed by atoms with Crippen LogP contribution in [0.5, 0.6) is 0 Å². The zero-order valence-corrected chi connectivity index (χ0v) is 18.0. The Labute approximate surface area is 174 Å². The lowest BCUT2D eigenvalue weighted by Gasteiger charge is -2.39. The van der Waals surface area contributed by atoms with Crippen LogP contribution in [0.3, 0.4) is 0 Å². The van der Waals surface area contributed by atoms with E-state index in [1.54, 1.807) is 11.8 Å². The van der Waals surface area contributed by atoms with Crippen LogP contribution >= 0.6 is 11.8 Å². The predicted octanol–water partition coefficient (Wildman–Crippen LogP) is 3.23. The molecule has 0 bridgehead atoms. The smallest absolute Gasteiger partial charge is 0.224 e. The molecular formula is C20H27N7OS. The fourth-order valence-corrected chi connectivity index (χ4v) is 4.42. The number of aromatic amines is 1. The van der Waals surface area contributed by atoms with E-state index in [-0.39, 0.29) is 6.04 Å². The van der Waals surface area contributed by atoms with Crippen molar-refractivity contribution in [2.24, 2.45) is 5.92 Å². The Bertz CT molecular complexity index is 1020. The van der Waals surface area contributed by atoms with E-state index < -0.39 is 0 Å². The number of nitrogen functional groups attached to an aromatic ring is 1. The molecule has 1 aliphatic heterocycles. The van der Waals surface area contributed by atoms with Gasteiger partial charge in [-0.2, -0.15) is 10.1 Å². The highest BCUT2D eigenvalue weighted by atomic mass is 32.2. The highest BCUT2D eigenvalue weighted by Gasteiger charge is 2.27. The summed E-state index contributed by atoms with van der Waals surface area (Å²) < 4.78 is 5.72. The van der Waals surface area contributed by atoms with Gasteiger partial charge in [-0.05, 0) is 24.3 Å². The molecule has 3 heterocycles. The third-order valence-electron chi connectivity index (χ3n) is 5.34. The van der Waals surface area contributed by atoms with E-state index in [0.29, 0.717) is 30.9 Å². The van der Waals surface area contributed by atoms with Crippen molar-refractivity contribution < 1.29 is 4.74 Å². The number of anilines is 3. The Hall–Kier alpha value is -2.52. The molecule has 0 saturated carbocycles. The molecule has 8 nitrogen and oxygen atoms in total. The summed E-state index contributed by atoms with van der Waals surface area (Å²) in [6.45, 7) is 6.66. The molecule has 0 amide bonds. The van der Waals surface area contributed by atoms with Crippen molar-refractivity contribution in [1.82, 2.24) is 20.2 Å². The van der Waals surface area contributed by atoms with Crippen LogP contribution in [-0.4, -0.2) is 59.3 Å². The Morgan fingerprint density at radius 3 is 2.86 bits per heavy atom. The first-order chi connectivity index (χ1) is 14.0. The molecule has 4 rings (SSSR count). The van der Waals surface area contributed by atoms with Crippen LogP contribution in [0.4, 0.5) is 17.6 Å². The van der Waals surface area contributed by atoms with Crippen LogP contribution in [0, 0.1) is 5.92 Å². The number of H-pyrrole nitrogens is 1. The van der Waals surface area contributed by atoms with Crippen LogP contribution in [0.15, 0.2) is 23.1 Å². The fourth-order valence-electron chi connectivity index (χ4n) is 3.75. The molecule has 0 spiro atoms. The van der Waals surface area contributed by atoms with Crippen molar-refractivity contribution in [3.05, 3.63) is 18.2 Å². The van der Waals surface area contributed by atoms with Gasteiger partial charge in [0, 0.05) is 30.1 Å². The largest absolute Gasteiger partial charge is 0.382 e. The number of benzene rings is 1. The number of morpholine rings is 1. The molecule has 1 aromatic carbocycles. The third-order valence-corrected chi connectivity index (χ3v) is 6.10. The van der Waals surface area contributed by atoms with Crippen molar-refractivity contribution in [3.63, 3.8) is 0 Å². The summed E-state index contributed by atoms with van der Waals surface area (Å²) in [6.07, 6.45) is 2.04. The van der Waals surface area contributed by atoms with Crippen LogP contribution in [0.1, 0.15) is 13.8 Å². The summed E-state index contributed by atoms with van der Waals surface area (Å²) >= 11 is 1.65. The number of ether oxygens (including phenoxy) is 1. The Morgan fingerprint density at radius 1 is 1.31 bits per heavy atom. The first kappa shape index (κ1) is 19.8. The maximum atomic E-state index is 6.04. The second-order valence-corrected chi connectivity index (χ2v) is 8.32. The number of hydrogen-bond donors (Lipinski definition) is 3. The topological polar surface area (TPSA) is 105 Å². The second-order valence-electron chi connectivity index (χ2n) is 7.47. The number of thioether (sulfide) groups is 1. The average Bonchev–Trinajstić information content (AvgIpc) is 3.13. The maximum Gasteiger partial charge on any atom is 0.224 e. The van der Waals surface area contributed by atoms with Crippen LogP contribution in [-0.2, 0) is 4.74 Å². The summed E-state index contributed by atoms with van der Waals surface area (Å²) in [6, 6.07) is 6.51. The van der Waals surface area contributed by atoms with Crippen LogP contribution < -0.4 is 16.0 Å². The SMILES string of the molecule is CNc1nc(-c2cc(SC)c3c(N)n[nH]c3c2)cc(N2CCOCC2C(C)C)n1. The second kappa shape index (κ2) is 8.08. The van der Waals surface area contributed by atoms with E-state index in [1.165, 1.54) is 0 Å². The molecule has 4 N–H and O–H groups in total. The van der Waals surface area contributed by atoms with Gasteiger partial charge in [-0.1, -0.05) is 13.8 Å². The van der Waals surface area contributed by atoms with Crippen molar-refractivity contribution in [1.29, 1.82) is 0 Å². The van der Waals surface area contributed by atoms with Crippen molar-refractivity contribution in [3.8, 4) is 11.3 Å². The predicted molar refractivity (Wildman–Crippen MR) is 120 cm³/mol. The first-order valence-corrected chi connectivity index (χ1v) is 11.0. The summed E-state index contributed by atoms with van der Waals surface area (Å²) in [5.41, 5.74) is 8.81. The van der Waals surface area contributed by atoms with Crippen molar-refractivity contribution >= 4 is 40.2 Å². The number of rotatable bonds is 5. The number of nitrogens with two attached hydrogens (primary N) is 1. The van der Waals surface area contributed by atoms with E-state index in [9.17, 15) is 0 Å². The molecular weight excluding hydrogens is 386 g/mol. The molecule has 29 heavy (non-hydrogen) atoms. The van der Waals surface area contributed by atoms with Crippen LogP contribution in [0.25, 0.3) is 22.2 Å². The van der Waals surface area contributed by atoms with Gasteiger partial charge >= 0.3 is 0 Å². The van der Waals surface area contributed by atoms with E-state index in [1.807, 2.05) is 19.4 Å². The monoisotopic (exact) mass is 413 g/mol. The summed E-state index contributed by atoms with van der Waals surface area (Å²) in [5, 5.41) is 11.3. The minimum atomic E-state index is 0.285. The Kier molecular flexibility index (Phi) is 5.51. The van der Waals surface area contributed by atoms with Crippen LogP contribution in [0.2, 0.25) is 0 Å². The van der Waals surface area contributed by atoms with E-state index in [0.717, 1.165) is 39.4 Å². The molecule has 154 valence electrons. The standard InChI is InChI=1S/C20H27N7OS/c1-11(2)15-10-28-6-5-27(15)17-9-13(23-20(22-3)24-17)12-7-14-18(16(8-12)29-4)19(21)26-25-14/h7-9,11,15H,5-6,10H2,1-4H3,(H3,21,25,26)(H,22,23,24). The minimum Gasteiger partial charge on any atom is -0.382 e. The maximum absolute atomic E-state index is 6.04. The normalized spacial score (nSPS) is 17.3. The summed E-state index contributed by atoms with van der Waals surface area (Å²) in [4.78, 5) is 12.9. The molecule has 0 radical (unpaired) electrons. The van der Waals surface area contributed by atoms with Gasteiger partial charge in [-0.3, -0.25) is 5.10 Å². The zero-order chi connectivity index (χ0) is 20.5. The van der Waals surface area contributed by atoms with E-state index >= 15 is 0 Å². The lowest BCUT2D eigenvalue weighted by Crippen LogP contribution is -2.48. The zero-order valence-electron chi connectivity index (χ0n) is 17.2. The number of aromatic nitrogens is 4. The molecule has 1 atom stereocenters. The summed E-state index contributed by atoms with van der Waals surface area (Å²) in [7, 11) is 1.84. The van der Waals surface area contributed by atoms with Gasteiger partial charge in [0.2, 0.25) is 5.95 Å². The molecule has 1 fully saturated rings. The Balaban J connectivity index is 1.82. The summed E-state index contributed by atoms with van der Waals surface area (Å²) in [5.74, 6) is 2.49. The molecule has 0 aliphatic carbocycles. The lowest BCUT2D eigenvalue weighted by atomic mass is 10.0. The molecule has 1 saturated heterocycles. The van der Waals surface area contributed by atoms with Gasteiger partial charge < -0.3 is 20.7 Å². The molecule has 3 aromatic rings. The van der Waals surface area contributed by atoms with E-state index in [4.69, 9.17) is 20.4 Å². The number of hydrogen-bond acceptors (Lipinski definition) is 8. The van der Waals surface area contributed by atoms with Gasteiger partial charge in [0.15, 0.2) is 5.82 Å². The highest BCUT2D eigenvalue weighted by Crippen LogP contribution is 2.35. The van der Waals surface area contributed by atoms with E-state index in [2.05, 4.69) is 46.4 Å². The lowest BCUT2D eigenvalue weighted by molar-refractivity contribution is 0.0802. The van der Waals surface area contributed by atoms with Gasteiger partial charge in [0.05, 0.1) is 35.9 Å². The first-order valence-electron chi connectivity index (χ1n) is 9.75. The molecule has 2 aromatic heterocycles. The molecule has 1 aliphatic rings. The Morgan fingerprint density at radius 2 is 2.14 bits per heavy atom. The van der Waals surface area contributed by atoms with Gasteiger partial charge in [0.1, 0.15) is 5.82 Å². The highest BCUT2D eigenvalue weighted by molar-refractivity contribution is 7.98. The van der Waals surface area contributed by atoms with Crippen molar-refractivity contribution in [2.45, 2.75) is 24.8 Å². The molecule has 9 heteroatoms. The van der Waals surface area contributed by atoms with Gasteiger partial charge in [-0.25, -0.2) is 4.98 Å². The number of nitrogens with one attached hydrogen (secondary N) is 2. The molecule has 1 unspecified atom stereocenters. The third kappa shape index (κ3) is 3.72. The fraction of sp³-hybridized carbons (Fsp3) is 0.450. The van der Waals surface area contributed by atoms with Gasteiger partial charge in [0.25, 0.3) is 0 Å². The number of nitrogens with zero attached hydrogens (tertiary/aromatic N) is 4. The van der Waals surface area contributed by atoms with Crippen molar-refractivity contribution in [2.75, 3.05) is 49.0 Å². The number of fused-ring (bicyclic) bond motifs is 1.